The number of hydrogen-bond donors (Lipinski definition) is 2. The van der Waals surface area contributed by atoms with E-state index < -0.39 is 9.84 Å². The molecule has 8 heteroatoms. The van der Waals surface area contributed by atoms with Crippen LogP contribution in [0.2, 0.25) is 0 Å². The van der Waals surface area contributed by atoms with Crippen LogP contribution in [0, 0.1) is 0 Å². The third kappa shape index (κ3) is 8.03. The third-order valence-electron chi connectivity index (χ3n) is 4.21. The number of aliphatic imine (C=N–C) groups is 1. The van der Waals surface area contributed by atoms with Crippen LogP contribution in [0.3, 0.4) is 0 Å². The minimum absolute atomic E-state index is 0.00689. The summed E-state index contributed by atoms with van der Waals surface area (Å²) in [5.74, 6) is 2.83. The highest BCUT2D eigenvalue weighted by molar-refractivity contribution is 7.90. The fourth-order valence-electron chi connectivity index (χ4n) is 2.58. The Kier molecular flexibility index (Phi) is 8.33. The Bertz CT molecular complexity index is 912. The molecule has 0 radical (unpaired) electrons. The van der Waals surface area contributed by atoms with Gasteiger partial charge in [0.25, 0.3) is 0 Å². The minimum Gasteiger partial charge on any atom is -0.493 e. The number of guanidine groups is 1. The summed E-state index contributed by atoms with van der Waals surface area (Å²) in [5, 5.41) is 6.43. The molecule has 2 rings (SSSR count). The Morgan fingerprint density at radius 3 is 2.34 bits per heavy atom. The molecule has 2 aromatic carbocycles. The van der Waals surface area contributed by atoms with Gasteiger partial charge in [0.15, 0.2) is 17.5 Å². The lowest BCUT2D eigenvalue weighted by Crippen LogP contribution is -2.42. The highest BCUT2D eigenvalue weighted by Gasteiger charge is 2.10. The molecule has 1 unspecified atom stereocenters. The van der Waals surface area contributed by atoms with Crippen molar-refractivity contribution in [3.63, 3.8) is 0 Å². The van der Waals surface area contributed by atoms with Crippen LogP contribution < -0.4 is 20.1 Å². The molecule has 0 aromatic heterocycles. The molecular weight excluding hydrogens is 390 g/mol. The summed E-state index contributed by atoms with van der Waals surface area (Å²) in [4.78, 5) is 4.19. The van der Waals surface area contributed by atoms with Gasteiger partial charge < -0.3 is 20.1 Å². The summed E-state index contributed by atoms with van der Waals surface area (Å²) >= 11 is 0. The number of ether oxygens (including phenoxy) is 2. The molecule has 0 spiro atoms. The van der Waals surface area contributed by atoms with Crippen molar-refractivity contribution in [3.8, 4) is 17.2 Å². The van der Waals surface area contributed by atoms with Crippen molar-refractivity contribution in [1.29, 1.82) is 0 Å². The van der Waals surface area contributed by atoms with Gasteiger partial charge in [0.05, 0.1) is 12.9 Å². The number of rotatable bonds is 9. The Balaban J connectivity index is 1.87. The zero-order valence-electron chi connectivity index (χ0n) is 17.3. The first kappa shape index (κ1) is 22.5. The van der Waals surface area contributed by atoms with E-state index in [4.69, 9.17) is 9.47 Å². The van der Waals surface area contributed by atoms with Crippen molar-refractivity contribution in [2.75, 3.05) is 26.2 Å². The largest absolute Gasteiger partial charge is 0.493 e. The third-order valence-corrected chi connectivity index (χ3v) is 5.19. The van der Waals surface area contributed by atoms with E-state index in [1.165, 1.54) is 6.26 Å². The molecule has 29 heavy (non-hydrogen) atoms. The Hall–Kier alpha value is -2.74. The van der Waals surface area contributed by atoms with Crippen molar-refractivity contribution < 1.29 is 17.9 Å². The second kappa shape index (κ2) is 10.7. The number of methoxy groups -OCH3 is 1. The van der Waals surface area contributed by atoms with Gasteiger partial charge in [-0.25, -0.2) is 8.42 Å². The van der Waals surface area contributed by atoms with Crippen LogP contribution in [0.15, 0.2) is 53.5 Å². The number of para-hydroxylation sites is 2. The van der Waals surface area contributed by atoms with E-state index >= 15 is 0 Å². The van der Waals surface area contributed by atoms with Gasteiger partial charge >= 0.3 is 0 Å². The summed E-state index contributed by atoms with van der Waals surface area (Å²) in [6, 6.07) is 15.2. The number of sulfone groups is 1. The molecule has 158 valence electrons. The molecule has 2 N–H and O–H groups in total. The summed E-state index contributed by atoms with van der Waals surface area (Å²) in [6.45, 7) is 2.51. The summed E-state index contributed by atoms with van der Waals surface area (Å²) in [7, 11) is 0.326. The van der Waals surface area contributed by atoms with Gasteiger partial charge in [-0.3, -0.25) is 4.99 Å². The lowest BCUT2D eigenvalue weighted by Gasteiger charge is -2.17. The molecule has 0 heterocycles. The lowest BCUT2D eigenvalue weighted by molar-refractivity contribution is 0.379. The average molecular weight is 420 g/mol. The molecule has 0 saturated carbocycles. The Morgan fingerprint density at radius 1 is 1.10 bits per heavy atom. The van der Waals surface area contributed by atoms with E-state index in [2.05, 4.69) is 15.6 Å². The summed E-state index contributed by atoms with van der Waals surface area (Å²) in [5.41, 5.74) is 1.06. The van der Waals surface area contributed by atoms with Gasteiger partial charge in [0, 0.05) is 25.9 Å². The Morgan fingerprint density at radius 2 is 1.76 bits per heavy atom. The molecule has 0 aliphatic carbocycles. The van der Waals surface area contributed by atoms with Crippen LogP contribution in [-0.4, -0.2) is 46.6 Å². The monoisotopic (exact) mass is 419 g/mol. The van der Waals surface area contributed by atoms with Gasteiger partial charge in [-0.1, -0.05) is 24.3 Å². The van der Waals surface area contributed by atoms with Crippen LogP contribution in [0.1, 0.15) is 18.9 Å². The number of nitrogens with one attached hydrogen (secondary N) is 2. The molecule has 0 saturated heterocycles. The summed E-state index contributed by atoms with van der Waals surface area (Å²) in [6.07, 6.45) is 1.77. The van der Waals surface area contributed by atoms with Crippen molar-refractivity contribution in [3.05, 3.63) is 54.1 Å². The maximum absolute atomic E-state index is 11.3. The zero-order valence-corrected chi connectivity index (χ0v) is 18.1. The maximum Gasteiger partial charge on any atom is 0.191 e. The first-order valence-electron chi connectivity index (χ1n) is 9.35. The fraction of sp³-hybridized carbons (Fsp3) is 0.381. The van der Waals surface area contributed by atoms with Gasteiger partial charge in [-0.05, 0) is 43.2 Å². The molecule has 0 fully saturated rings. The van der Waals surface area contributed by atoms with Crippen molar-refractivity contribution in [1.82, 2.24) is 10.6 Å². The van der Waals surface area contributed by atoms with E-state index in [0.717, 1.165) is 11.3 Å². The van der Waals surface area contributed by atoms with Crippen molar-refractivity contribution >= 4 is 15.8 Å². The number of hydrogen-bond acceptors (Lipinski definition) is 5. The second-order valence-electron chi connectivity index (χ2n) is 6.79. The highest BCUT2D eigenvalue weighted by atomic mass is 32.2. The molecule has 1 atom stereocenters. The molecule has 7 nitrogen and oxygen atoms in total. The molecule has 0 aliphatic heterocycles. The van der Waals surface area contributed by atoms with Crippen LogP contribution in [-0.2, 0) is 16.4 Å². The first-order valence-corrected chi connectivity index (χ1v) is 11.4. The first-order chi connectivity index (χ1) is 13.8. The second-order valence-corrected chi connectivity index (χ2v) is 9.05. The van der Waals surface area contributed by atoms with Crippen LogP contribution in [0.25, 0.3) is 0 Å². The smallest absolute Gasteiger partial charge is 0.191 e. The zero-order chi connectivity index (χ0) is 21.3. The Labute approximate surface area is 173 Å². The van der Waals surface area contributed by atoms with Crippen molar-refractivity contribution in [2.24, 2.45) is 4.99 Å². The fourth-order valence-corrected chi connectivity index (χ4v) is 3.36. The van der Waals surface area contributed by atoms with E-state index in [0.29, 0.717) is 30.4 Å². The van der Waals surface area contributed by atoms with Crippen molar-refractivity contribution in [2.45, 2.75) is 25.9 Å². The van der Waals surface area contributed by atoms with Gasteiger partial charge in [0.2, 0.25) is 0 Å². The topological polar surface area (TPSA) is 89.0 Å². The minimum atomic E-state index is -2.97. The highest BCUT2D eigenvalue weighted by Crippen LogP contribution is 2.30. The SMILES string of the molecule is CN=C(NCc1ccc(Oc2ccccc2OC)cc1)NC(C)CCS(C)(=O)=O. The van der Waals surface area contributed by atoms with E-state index in [9.17, 15) is 8.42 Å². The standard InChI is InChI=1S/C21H29N3O4S/c1-16(13-14-29(4,25)26)24-21(22-2)23-15-17-9-11-18(12-10-17)28-20-8-6-5-7-19(20)27-3/h5-12,16H,13-15H2,1-4H3,(H2,22,23,24). The normalized spacial score (nSPS) is 12.9. The van der Waals surface area contributed by atoms with Crippen LogP contribution in [0.4, 0.5) is 0 Å². The summed E-state index contributed by atoms with van der Waals surface area (Å²) < 4.78 is 33.8. The molecule has 0 amide bonds. The van der Waals surface area contributed by atoms with E-state index in [1.807, 2.05) is 55.5 Å². The average Bonchev–Trinajstić information content (AvgIpc) is 2.70. The lowest BCUT2D eigenvalue weighted by atomic mass is 10.2. The van der Waals surface area contributed by atoms with Crippen LogP contribution in [0.5, 0.6) is 17.2 Å². The quantitative estimate of drug-likeness (QED) is 0.480. The number of nitrogens with zero attached hydrogens (tertiary/aromatic N) is 1. The van der Waals surface area contributed by atoms with Gasteiger partial charge in [-0.15, -0.1) is 0 Å². The molecule has 0 bridgehead atoms. The van der Waals surface area contributed by atoms with Crippen LogP contribution >= 0.6 is 0 Å². The van der Waals surface area contributed by atoms with Gasteiger partial charge in [0.1, 0.15) is 15.6 Å². The van der Waals surface area contributed by atoms with E-state index in [1.54, 1.807) is 14.2 Å². The molecule has 0 aliphatic rings. The predicted octanol–water partition coefficient (Wildman–Crippen LogP) is 2.98. The molecular formula is C21H29N3O4S. The van der Waals surface area contributed by atoms with Gasteiger partial charge in [-0.2, -0.15) is 0 Å². The molecule has 2 aromatic rings. The van der Waals surface area contributed by atoms with E-state index in [-0.39, 0.29) is 11.8 Å². The maximum atomic E-state index is 11.3. The predicted molar refractivity (Wildman–Crippen MR) is 117 cm³/mol. The number of benzene rings is 2.